The largest absolute Gasteiger partial charge is 0.501 e. The highest BCUT2D eigenvalue weighted by molar-refractivity contribution is 6.04. The fourth-order valence-corrected chi connectivity index (χ4v) is 4.05. The Morgan fingerprint density at radius 1 is 1.18 bits per heavy atom. The molecule has 0 aliphatic heterocycles. The number of hydrogen-bond acceptors (Lipinski definition) is 7. The first-order valence-electron chi connectivity index (χ1n) is 10.5. The normalized spacial score (nSPS) is 12.5. The van der Waals surface area contributed by atoms with Crippen LogP contribution in [0.2, 0.25) is 0 Å². The van der Waals surface area contributed by atoms with E-state index < -0.39 is 28.8 Å². The Labute approximate surface area is 194 Å². The lowest BCUT2D eigenvalue weighted by Gasteiger charge is -2.27. The van der Waals surface area contributed by atoms with Crippen LogP contribution in [0.4, 0.5) is 5.69 Å². The first-order chi connectivity index (χ1) is 16.4. The van der Waals surface area contributed by atoms with E-state index in [1.165, 1.54) is 24.1 Å². The maximum Gasteiger partial charge on any atom is 0.296 e. The predicted octanol–water partition coefficient (Wildman–Crippen LogP) is 3.53. The molecule has 0 radical (unpaired) electrons. The van der Waals surface area contributed by atoms with E-state index in [-0.39, 0.29) is 17.4 Å². The summed E-state index contributed by atoms with van der Waals surface area (Å²) in [5.41, 5.74) is 1.26. The Bertz CT molecular complexity index is 1420. The van der Waals surface area contributed by atoms with Crippen LogP contribution in [0.3, 0.4) is 0 Å². The number of nitriles is 1. The summed E-state index contributed by atoms with van der Waals surface area (Å²) in [7, 11) is 1.49. The number of rotatable bonds is 6. The molecule has 0 bridgehead atoms. The first-order valence-corrected chi connectivity index (χ1v) is 10.5. The maximum absolute atomic E-state index is 12.8. The maximum atomic E-state index is 12.8. The highest BCUT2D eigenvalue weighted by Crippen LogP contribution is 2.39. The van der Waals surface area contributed by atoms with Crippen molar-refractivity contribution in [2.75, 3.05) is 5.32 Å². The third-order valence-corrected chi connectivity index (χ3v) is 5.69. The van der Waals surface area contributed by atoms with Crippen molar-refractivity contribution in [3.63, 3.8) is 0 Å². The lowest BCUT2D eigenvalue weighted by atomic mass is 9.79. The fourth-order valence-electron chi connectivity index (χ4n) is 4.05. The van der Waals surface area contributed by atoms with Gasteiger partial charge in [0.1, 0.15) is 17.8 Å². The van der Waals surface area contributed by atoms with Gasteiger partial charge < -0.3 is 14.9 Å². The standard InChI is InChI=1S/C25H21N5O4/c1-15(20(16-8-4-3-5-9-16)19-11-7-6-10-17(19)12-26)23-29-21(22(31)25(33)30(23)2)24(32)28-18-13-27-34-14-18/h3-11,13-15,20,31H,1-2H3,(H,28,32)/t15-,20+/m1/s1. The van der Waals surface area contributed by atoms with Crippen LogP contribution < -0.4 is 10.9 Å². The average Bonchev–Trinajstić information content (AvgIpc) is 3.36. The smallest absolute Gasteiger partial charge is 0.296 e. The van der Waals surface area contributed by atoms with E-state index in [0.717, 1.165) is 11.1 Å². The van der Waals surface area contributed by atoms with Crippen molar-refractivity contribution in [3.8, 4) is 11.8 Å². The molecule has 9 nitrogen and oxygen atoms in total. The van der Waals surface area contributed by atoms with Gasteiger partial charge in [-0.15, -0.1) is 0 Å². The molecule has 1 amide bonds. The average molecular weight is 455 g/mol. The van der Waals surface area contributed by atoms with Crippen molar-refractivity contribution < 1.29 is 14.4 Å². The van der Waals surface area contributed by atoms with E-state index in [0.29, 0.717) is 5.56 Å². The van der Waals surface area contributed by atoms with Gasteiger partial charge in [-0.2, -0.15) is 5.26 Å². The molecule has 2 N–H and O–H groups in total. The lowest BCUT2D eigenvalue weighted by molar-refractivity contribution is 0.101. The molecule has 34 heavy (non-hydrogen) atoms. The molecule has 0 unspecified atom stereocenters. The Morgan fingerprint density at radius 2 is 1.88 bits per heavy atom. The number of anilines is 1. The number of benzene rings is 2. The van der Waals surface area contributed by atoms with Gasteiger partial charge in [0.05, 0.1) is 17.8 Å². The zero-order chi connectivity index (χ0) is 24.2. The number of aromatic hydroxyl groups is 1. The molecular weight excluding hydrogens is 434 g/mol. The van der Waals surface area contributed by atoms with Gasteiger partial charge in [0.25, 0.3) is 11.5 Å². The van der Waals surface area contributed by atoms with Gasteiger partial charge in [-0.1, -0.05) is 60.6 Å². The summed E-state index contributed by atoms with van der Waals surface area (Å²) in [6.45, 7) is 1.87. The highest BCUT2D eigenvalue weighted by Gasteiger charge is 2.30. The van der Waals surface area contributed by atoms with E-state index in [9.17, 15) is 20.0 Å². The van der Waals surface area contributed by atoms with Crippen molar-refractivity contribution >= 4 is 11.6 Å². The van der Waals surface area contributed by atoms with Crippen molar-refractivity contribution in [3.05, 3.63) is 106 Å². The summed E-state index contributed by atoms with van der Waals surface area (Å²) in [5, 5.41) is 26.1. The minimum Gasteiger partial charge on any atom is -0.501 e. The van der Waals surface area contributed by atoms with Gasteiger partial charge in [-0.3, -0.25) is 14.2 Å². The molecular formula is C25H21N5O4. The molecule has 2 atom stereocenters. The Kier molecular flexibility index (Phi) is 6.23. The molecule has 0 spiro atoms. The van der Waals surface area contributed by atoms with Crippen molar-refractivity contribution in [2.45, 2.75) is 18.8 Å². The van der Waals surface area contributed by atoms with E-state index in [1.807, 2.05) is 49.4 Å². The second-order valence-electron chi connectivity index (χ2n) is 7.77. The summed E-state index contributed by atoms with van der Waals surface area (Å²) < 4.78 is 5.92. The minimum atomic E-state index is -0.777. The number of amides is 1. The second-order valence-corrected chi connectivity index (χ2v) is 7.77. The number of nitrogens with zero attached hydrogens (tertiary/aromatic N) is 4. The first kappa shape index (κ1) is 22.5. The van der Waals surface area contributed by atoms with Gasteiger partial charge in [-0.05, 0) is 17.2 Å². The molecule has 9 heteroatoms. The van der Waals surface area contributed by atoms with Gasteiger partial charge in [0, 0.05) is 18.9 Å². The van der Waals surface area contributed by atoms with E-state index in [4.69, 9.17) is 4.52 Å². The molecule has 0 fully saturated rings. The van der Waals surface area contributed by atoms with E-state index in [2.05, 4.69) is 21.5 Å². The van der Waals surface area contributed by atoms with Crippen molar-refractivity contribution in [1.82, 2.24) is 14.7 Å². The van der Waals surface area contributed by atoms with E-state index >= 15 is 0 Å². The summed E-state index contributed by atoms with van der Waals surface area (Å²) in [6.07, 6.45) is 2.49. The number of nitrogens with one attached hydrogen (secondary N) is 1. The molecule has 0 saturated carbocycles. The summed E-state index contributed by atoms with van der Waals surface area (Å²) in [6, 6.07) is 19.0. The Hall–Kier alpha value is -4.71. The SMILES string of the molecule is C[C@@H](c1nc(C(=O)Nc2cnoc2)c(O)c(=O)n1C)[C@@H](c1ccccc1)c1ccccc1C#N. The van der Waals surface area contributed by atoms with Gasteiger partial charge in [0.15, 0.2) is 5.69 Å². The summed E-state index contributed by atoms with van der Waals surface area (Å²) >= 11 is 0. The Balaban J connectivity index is 1.86. The van der Waals surface area contributed by atoms with Crippen LogP contribution in [0.5, 0.6) is 5.75 Å². The molecule has 4 aromatic rings. The van der Waals surface area contributed by atoms with E-state index in [1.54, 1.807) is 12.1 Å². The van der Waals surface area contributed by atoms with Crippen LogP contribution in [0, 0.1) is 11.3 Å². The van der Waals surface area contributed by atoms with Crippen LogP contribution in [0.1, 0.15) is 51.8 Å². The third-order valence-electron chi connectivity index (χ3n) is 5.69. The zero-order valence-corrected chi connectivity index (χ0v) is 18.5. The van der Waals surface area contributed by atoms with Gasteiger partial charge >= 0.3 is 0 Å². The second kappa shape index (κ2) is 9.42. The van der Waals surface area contributed by atoms with Crippen LogP contribution >= 0.6 is 0 Å². The molecule has 0 aliphatic carbocycles. The summed E-state index contributed by atoms with van der Waals surface area (Å²) in [5.74, 6) is -2.06. The topological polar surface area (TPSA) is 134 Å². The number of carbonyl (C=O) groups is 1. The monoisotopic (exact) mass is 455 g/mol. The zero-order valence-electron chi connectivity index (χ0n) is 18.5. The molecule has 4 rings (SSSR count). The molecule has 2 heterocycles. The Morgan fingerprint density at radius 3 is 2.56 bits per heavy atom. The molecule has 170 valence electrons. The molecule has 0 aliphatic rings. The molecule has 0 saturated heterocycles. The minimum absolute atomic E-state index is 0.256. The highest BCUT2D eigenvalue weighted by atomic mass is 16.5. The third kappa shape index (κ3) is 4.17. The quantitative estimate of drug-likeness (QED) is 0.454. The molecule has 2 aromatic carbocycles. The van der Waals surface area contributed by atoms with Crippen LogP contribution in [-0.2, 0) is 7.05 Å². The van der Waals surface area contributed by atoms with Crippen LogP contribution in [0.25, 0.3) is 0 Å². The van der Waals surface area contributed by atoms with Crippen LogP contribution in [-0.4, -0.2) is 25.7 Å². The fraction of sp³-hybridized carbons (Fsp3) is 0.160. The number of hydrogen-bond donors (Lipinski definition) is 2. The molecule has 2 aromatic heterocycles. The number of carbonyl (C=O) groups excluding carboxylic acids is 1. The van der Waals surface area contributed by atoms with Crippen molar-refractivity contribution in [1.29, 1.82) is 5.26 Å². The van der Waals surface area contributed by atoms with Crippen LogP contribution in [0.15, 0.2) is 76.4 Å². The van der Waals surface area contributed by atoms with Crippen molar-refractivity contribution in [2.24, 2.45) is 7.05 Å². The van der Waals surface area contributed by atoms with Gasteiger partial charge in [0.2, 0.25) is 5.75 Å². The van der Waals surface area contributed by atoms with Gasteiger partial charge in [-0.25, -0.2) is 4.98 Å². The predicted molar refractivity (Wildman–Crippen MR) is 123 cm³/mol. The summed E-state index contributed by atoms with van der Waals surface area (Å²) in [4.78, 5) is 30.0. The number of aromatic nitrogens is 3. The lowest BCUT2D eigenvalue weighted by Crippen LogP contribution is -2.29.